The highest BCUT2D eigenvalue weighted by Crippen LogP contribution is 2.45. The first-order chi connectivity index (χ1) is 13.8. The Hall–Kier alpha value is -2.16. The molecule has 2 aromatic rings. The van der Waals surface area contributed by atoms with Gasteiger partial charge in [-0.1, -0.05) is 24.3 Å². The van der Waals surface area contributed by atoms with E-state index in [-0.39, 0.29) is 30.5 Å². The molecule has 2 saturated heterocycles. The minimum Gasteiger partial charge on any atom is -0.389 e. The molecule has 1 aromatic heterocycles. The molecule has 3 aliphatic rings. The fourth-order valence-electron chi connectivity index (χ4n) is 4.40. The number of nitrogens with two attached hydrogens (primary N) is 1. The van der Waals surface area contributed by atoms with Crippen LogP contribution in [-0.2, 0) is 22.6 Å². The van der Waals surface area contributed by atoms with Gasteiger partial charge in [-0.15, -0.1) is 0 Å². The average Bonchev–Trinajstić information content (AvgIpc) is 3.29. The number of aliphatic hydroxyl groups is 1. The van der Waals surface area contributed by atoms with Gasteiger partial charge in [-0.05, 0) is 25.3 Å². The molecule has 29 heavy (non-hydrogen) atoms. The van der Waals surface area contributed by atoms with Crippen LogP contribution in [0.4, 0.5) is 14.7 Å². The van der Waals surface area contributed by atoms with Crippen molar-refractivity contribution in [2.75, 3.05) is 24.7 Å². The molecule has 0 bridgehead atoms. The molecule has 2 fully saturated rings. The average molecular weight is 402 g/mol. The van der Waals surface area contributed by atoms with E-state index < -0.39 is 17.6 Å². The smallest absolute Gasteiger partial charge is 0.290 e. The van der Waals surface area contributed by atoms with Gasteiger partial charge in [0, 0.05) is 30.7 Å². The van der Waals surface area contributed by atoms with Crippen LogP contribution in [-0.4, -0.2) is 47.0 Å². The summed E-state index contributed by atoms with van der Waals surface area (Å²) < 4.78 is 34.4. The number of aliphatic hydroxyl groups excluding tert-OH is 1. The summed E-state index contributed by atoms with van der Waals surface area (Å²) in [5.74, 6) is -2.71. The Morgan fingerprint density at radius 3 is 2.59 bits per heavy atom. The van der Waals surface area contributed by atoms with Crippen molar-refractivity contribution in [3.63, 3.8) is 0 Å². The van der Waals surface area contributed by atoms with Crippen LogP contribution in [0.5, 0.6) is 0 Å². The molecule has 0 amide bonds. The third kappa shape index (κ3) is 2.93. The van der Waals surface area contributed by atoms with Gasteiger partial charge in [0.15, 0.2) is 0 Å². The number of ether oxygens (including phenoxy) is 1. The largest absolute Gasteiger partial charge is 0.389 e. The molecular weight excluding hydrogens is 378 g/mol. The summed E-state index contributed by atoms with van der Waals surface area (Å²) in [5, 5.41) is 9.82. The number of halogens is 2. The van der Waals surface area contributed by atoms with Crippen molar-refractivity contribution in [2.24, 2.45) is 5.73 Å². The van der Waals surface area contributed by atoms with E-state index in [0.717, 1.165) is 17.5 Å². The van der Waals surface area contributed by atoms with Gasteiger partial charge in [-0.2, -0.15) is 8.78 Å². The zero-order chi connectivity index (χ0) is 20.4. The highest BCUT2D eigenvalue weighted by atomic mass is 19.3. The molecule has 1 aliphatic carbocycles. The Kier molecular flexibility index (Phi) is 4.17. The lowest BCUT2D eigenvalue weighted by Crippen LogP contribution is -2.59. The molecule has 8 heteroatoms. The summed E-state index contributed by atoms with van der Waals surface area (Å²) in [6.45, 7) is 3.29. The first kappa shape index (κ1) is 18.8. The van der Waals surface area contributed by atoms with Crippen molar-refractivity contribution < 1.29 is 18.6 Å². The van der Waals surface area contributed by atoms with E-state index in [2.05, 4.69) is 9.97 Å². The molecule has 6 nitrogen and oxygen atoms in total. The Morgan fingerprint density at radius 1 is 1.21 bits per heavy atom. The van der Waals surface area contributed by atoms with Crippen molar-refractivity contribution in [1.29, 1.82) is 0 Å². The predicted molar refractivity (Wildman–Crippen MR) is 104 cm³/mol. The van der Waals surface area contributed by atoms with Crippen molar-refractivity contribution in [3.8, 4) is 11.3 Å². The molecular formula is C21H24F2N4O2. The van der Waals surface area contributed by atoms with Crippen LogP contribution in [0.3, 0.4) is 0 Å². The Bertz CT molecular complexity index is 944. The van der Waals surface area contributed by atoms with Gasteiger partial charge in [-0.3, -0.25) is 0 Å². The van der Waals surface area contributed by atoms with Crippen LogP contribution in [0.15, 0.2) is 24.3 Å². The zero-order valence-corrected chi connectivity index (χ0v) is 16.2. The maximum atomic E-state index is 14.5. The van der Waals surface area contributed by atoms with E-state index >= 15 is 0 Å². The second-order valence-corrected chi connectivity index (χ2v) is 8.40. The first-order valence-electron chi connectivity index (χ1n) is 10.00. The van der Waals surface area contributed by atoms with Crippen LogP contribution in [0, 0.1) is 0 Å². The summed E-state index contributed by atoms with van der Waals surface area (Å²) >= 11 is 0. The Labute approximate surface area is 167 Å². The van der Waals surface area contributed by atoms with Gasteiger partial charge >= 0.3 is 0 Å². The van der Waals surface area contributed by atoms with E-state index in [9.17, 15) is 13.9 Å². The lowest BCUT2D eigenvalue weighted by Gasteiger charge is -2.43. The first-order valence-corrected chi connectivity index (χ1v) is 10.00. The molecule has 0 spiro atoms. The number of rotatable bonds is 3. The lowest BCUT2D eigenvalue weighted by atomic mass is 9.89. The number of anilines is 1. The predicted octanol–water partition coefficient (Wildman–Crippen LogP) is 2.33. The van der Waals surface area contributed by atoms with Gasteiger partial charge < -0.3 is 20.5 Å². The van der Waals surface area contributed by atoms with Crippen molar-refractivity contribution in [2.45, 2.75) is 49.8 Å². The fourth-order valence-corrected chi connectivity index (χ4v) is 4.40. The van der Waals surface area contributed by atoms with Crippen molar-refractivity contribution >= 4 is 5.95 Å². The molecule has 0 radical (unpaired) electrons. The standard InChI is InChI=1S/C21H24F2N4O2/c1-12-16(28)10-27(12)19-25-17(15-6-7-21(22,23)18(15)26-19)13-2-4-14(5-3-13)20(24)8-9-29-11-20/h2-5,12,16,28H,6-11,24H2,1H3/t12-,16+,20-/m0/s1. The van der Waals surface area contributed by atoms with Crippen LogP contribution in [0.2, 0.25) is 0 Å². The van der Waals surface area contributed by atoms with Crippen molar-refractivity contribution in [3.05, 3.63) is 41.1 Å². The lowest BCUT2D eigenvalue weighted by molar-refractivity contribution is -0.00603. The molecule has 3 atom stereocenters. The third-order valence-corrected chi connectivity index (χ3v) is 6.51. The number of aromatic nitrogens is 2. The molecule has 3 N–H and O–H groups in total. The number of benzene rings is 1. The van der Waals surface area contributed by atoms with E-state index in [1.807, 2.05) is 31.2 Å². The molecule has 0 saturated carbocycles. The highest BCUT2D eigenvalue weighted by Gasteiger charge is 2.45. The number of hydrogen-bond acceptors (Lipinski definition) is 6. The van der Waals surface area contributed by atoms with Crippen LogP contribution in [0.25, 0.3) is 11.3 Å². The van der Waals surface area contributed by atoms with Crippen molar-refractivity contribution in [1.82, 2.24) is 9.97 Å². The SMILES string of the molecule is C[C@H]1[C@H](O)CN1c1nc(-c2ccc([C@]3(N)CCOC3)cc2)c2c(n1)C(F)(F)CC2. The molecule has 0 unspecified atom stereocenters. The summed E-state index contributed by atoms with van der Waals surface area (Å²) in [7, 11) is 0. The zero-order valence-electron chi connectivity index (χ0n) is 16.2. The monoisotopic (exact) mass is 402 g/mol. The van der Waals surface area contributed by atoms with Gasteiger partial charge in [0.2, 0.25) is 5.95 Å². The summed E-state index contributed by atoms with van der Waals surface area (Å²) in [6, 6.07) is 7.44. The van der Waals surface area contributed by atoms with E-state index in [1.54, 1.807) is 4.90 Å². The van der Waals surface area contributed by atoms with Crippen LogP contribution < -0.4 is 10.6 Å². The minimum absolute atomic E-state index is 0.186. The summed E-state index contributed by atoms with van der Waals surface area (Å²) in [6.07, 6.45) is 0.241. The maximum Gasteiger partial charge on any atom is 0.290 e. The van der Waals surface area contributed by atoms with Crippen LogP contribution in [0.1, 0.15) is 36.6 Å². The number of alkyl halides is 2. The quantitative estimate of drug-likeness (QED) is 0.820. The van der Waals surface area contributed by atoms with E-state index in [1.165, 1.54) is 0 Å². The number of fused-ring (bicyclic) bond motifs is 1. The second-order valence-electron chi connectivity index (χ2n) is 8.40. The summed E-state index contributed by atoms with van der Waals surface area (Å²) in [4.78, 5) is 10.6. The topological polar surface area (TPSA) is 84.5 Å². The molecule has 3 heterocycles. The third-order valence-electron chi connectivity index (χ3n) is 6.51. The van der Waals surface area contributed by atoms with Gasteiger partial charge in [-0.25, -0.2) is 9.97 Å². The van der Waals surface area contributed by atoms with Crippen LogP contribution >= 0.6 is 0 Å². The molecule has 2 aliphatic heterocycles. The van der Waals surface area contributed by atoms with Gasteiger partial charge in [0.1, 0.15) is 5.69 Å². The highest BCUT2D eigenvalue weighted by molar-refractivity contribution is 5.68. The number of β-amino-alcohol motifs (C(OH)–C–C–N with tert-alkyl or cyclic N) is 1. The summed E-state index contributed by atoms with van der Waals surface area (Å²) in [5.41, 5.74) is 8.52. The van der Waals surface area contributed by atoms with E-state index in [0.29, 0.717) is 31.0 Å². The fraction of sp³-hybridized carbons (Fsp3) is 0.524. The molecule has 1 aromatic carbocycles. The van der Waals surface area contributed by atoms with Gasteiger partial charge in [0.05, 0.1) is 30.0 Å². The number of hydrogen-bond donors (Lipinski definition) is 2. The Morgan fingerprint density at radius 2 is 1.97 bits per heavy atom. The molecule has 154 valence electrons. The Balaban J connectivity index is 1.57. The second kappa shape index (κ2) is 6.42. The van der Waals surface area contributed by atoms with Gasteiger partial charge in [0.25, 0.3) is 5.92 Å². The number of nitrogens with zero attached hydrogens (tertiary/aromatic N) is 3. The normalized spacial score (nSPS) is 30.3. The van der Waals surface area contributed by atoms with E-state index in [4.69, 9.17) is 10.5 Å². The molecule has 5 rings (SSSR count). The maximum absolute atomic E-state index is 14.5. The minimum atomic E-state index is -2.96.